The van der Waals surface area contributed by atoms with Crippen molar-refractivity contribution in [1.82, 2.24) is 0 Å². The van der Waals surface area contributed by atoms with Gasteiger partial charge in [-0.15, -0.1) is 0 Å². The number of allylic oxidation sites excluding steroid dienone is 1. The molecule has 0 aromatic heterocycles. The number of hydrogen-bond donors (Lipinski definition) is 1. The number of halogens is 1. The molecule has 0 spiro atoms. The quantitative estimate of drug-likeness (QED) is 0.655. The molecule has 0 saturated heterocycles. The second-order valence-corrected chi connectivity index (χ2v) is 3.66. The van der Waals surface area contributed by atoms with Crippen LogP contribution in [-0.2, 0) is 0 Å². The first-order chi connectivity index (χ1) is 6.50. The highest BCUT2D eigenvalue weighted by Gasteiger charge is 2.05. The second-order valence-electron chi connectivity index (χ2n) is 2.75. The zero-order chi connectivity index (χ0) is 10.7. The van der Waals surface area contributed by atoms with E-state index in [2.05, 4.69) is 15.9 Å². The van der Waals surface area contributed by atoms with Crippen LogP contribution in [0.4, 0.5) is 0 Å². The lowest BCUT2D eigenvalue weighted by Gasteiger charge is -1.99. The van der Waals surface area contributed by atoms with Crippen molar-refractivity contribution in [2.75, 3.05) is 0 Å². The highest BCUT2D eigenvalue weighted by Crippen LogP contribution is 2.24. The fourth-order valence-electron chi connectivity index (χ4n) is 0.919. The zero-order valence-electron chi connectivity index (χ0n) is 7.40. The number of nitrogens with zero attached hydrogens (tertiary/aromatic N) is 1. The molecule has 1 N–H and O–H groups in total. The van der Waals surface area contributed by atoms with Gasteiger partial charge in [0.1, 0.15) is 5.75 Å². The summed E-state index contributed by atoms with van der Waals surface area (Å²) >= 11 is 3.21. The van der Waals surface area contributed by atoms with E-state index in [9.17, 15) is 15.2 Å². The van der Waals surface area contributed by atoms with Crippen LogP contribution in [0.5, 0.6) is 5.75 Å². The Labute approximate surface area is 89.2 Å². The Balaban J connectivity index is 3.13. The maximum Gasteiger partial charge on any atom is 0.243 e. The van der Waals surface area contributed by atoms with E-state index in [1.807, 2.05) is 0 Å². The minimum atomic E-state index is -0.500. The number of nitro groups is 1. The average molecular weight is 258 g/mol. The monoisotopic (exact) mass is 257 g/mol. The molecule has 0 unspecified atom stereocenters. The van der Waals surface area contributed by atoms with Crippen molar-refractivity contribution in [2.24, 2.45) is 0 Å². The van der Waals surface area contributed by atoms with Crippen LogP contribution >= 0.6 is 15.9 Å². The molecular formula is C9H8BrNO3. The SMILES string of the molecule is CC(=Cc1cc(Br)ccc1O)[N+](=O)[O-]. The number of phenols is 1. The lowest BCUT2D eigenvalue weighted by molar-refractivity contribution is -0.422. The number of benzene rings is 1. The van der Waals surface area contributed by atoms with Gasteiger partial charge in [-0.3, -0.25) is 10.1 Å². The molecule has 0 atom stereocenters. The number of rotatable bonds is 2. The molecule has 0 aliphatic carbocycles. The van der Waals surface area contributed by atoms with E-state index in [0.717, 1.165) is 4.47 Å². The average Bonchev–Trinajstić information content (AvgIpc) is 2.11. The van der Waals surface area contributed by atoms with Crippen molar-refractivity contribution in [1.29, 1.82) is 0 Å². The number of hydrogen-bond acceptors (Lipinski definition) is 3. The predicted molar refractivity (Wildman–Crippen MR) is 56.5 cm³/mol. The van der Waals surface area contributed by atoms with Crippen molar-refractivity contribution < 1.29 is 10.0 Å². The highest BCUT2D eigenvalue weighted by molar-refractivity contribution is 9.10. The van der Waals surface area contributed by atoms with E-state index in [0.29, 0.717) is 5.56 Å². The summed E-state index contributed by atoms with van der Waals surface area (Å²) in [6.07, 6.45) is 1.32. The molecule has 0 amide bonds. The summed E-state index contributed by atoms with van der Waals surface area (Å²) in [5.41, 5.74) is 0.409. The molecular weight excluding hydrogens is 250 g/mol. The molecule has 5 heteroatoms. The van der Waals surface area contributed by atoms with Crippen molar-refractivity contribution >= 4 is 22.0 Å². The summed E-state index contributed by atoms with van der Waals surface area (Å²) in [6.45, 7) is 1.38. The topological polar surface area (TPSA) is 63.4 Å². The fraction of sp³-hybridized carbons (Fsp3) is 0.111. The van der Waals surface area contributed by atoms with Crippen LogP contribution in [0.2, 0.25) is 0 Å². The van der Waals surface area contributed by atoms with Crippen LogP contribution in [0.3, 0.4) is 0 Å². The molecule has 1 rings (SSSR count). The van der Waals surface area contributed by atoms with Gasteiger partial charge >= 0.3 is 0 Å². The lowest BCUT2D eigenvalue weighted by atomic mass is 10.2. The first-order valence-electron chi connectivity index (χ1n) is 3.82. The second kappa shape index (κ2) is 4.23. The number of aromatic hydroxyl groups is 1. The first-order valence-corrected chi connectivity index (χ1v) is 4.61. The van der Waals surface area contributed by atoms with Gasteiger partial charge in [-0.2, -0.15) is 0 Å². The lowest BCUT2D eigenvalue weighted by Crippen LogP contribution is -1.93. The van der Waals surface area contributed by atoms with Gasteiger partial charge in [0.25, 0.3) is 0 Å². The summed E-state index contributed by atoms with van der Waals surface area (Å²) in [5, 5.41) is 19.7. The Kier molecular flexibility index (Phi) is 3.24. The van der Waals surface area contributed by atoms with Crippen LogP contribution in [0, 0.1) is 10.1 Å². The van der Waals surface area contributed by atoms with Gasteiger partial charge < -0.3 is 5.11 Å². The minimum absolute atomic E-state index is 0.0154. The van der Waals surface area contributed by atoms with Gasteiger partial charge in [-0.1, -0.05) is 15.9 Å². The molecule has 4 nitrogen and oxygen atoms in total. The summed E-state index contributed by atoms with van der Waals surface area (Å²) in [6, 6.07) is 4.75. The standard InChI is InChI=1S/C9H8BrNO3/c1-6(11(13)14)4-7-5-8(10)2-3-9(7)12/h2-5,12H,1H3. The van der Waals surface area contributed by atoms with E-state index >= 15 is 0 Å². The Morgan fingerprint density at radius 3 is 2.86 bits per heavy atom. The normalized spacial score (nSPS) is 11.4. The first kappa shape index (κ1) is 10.7. The van der Waals surface area contributed by atoms with Crippen LogP contribution in [-0.4, -0.2) is 10.0 Å². The Hall–Kier alpha value is -1.36. The van der Waals surface area contributed by atoms with Gasteiger partial charge in [0, 0.05) is 23.0 Å². The van der Waals surface area contributed by atoms with Crippen molar-refractivity contribution in [3.05, 3.63) is 44.0 Å². The van der Waals surface area contributed by atoms with Crippen LogP contribution in [0.15, 0.2) is 28.4 Å². The van der Waals surface area contributed by atoms with E-state index in [1.165, 1.54) is 19.1 Å². The summed E-state index contributed by atoms with van der Waals surface area (Å²) < 4.78 is 0.762. The van der Waals surface area contributed by atoms with Crippen LogP contribution < -0.4 is 0 Å². The third kappa shape index (κ3) is 2.56. The maximum atomic E-state index is 10.3. The van der Waals surface area contributed by atoms with E-state index in [1.54, 1.807) is 12.1 Å². The third-order valence-electron chi connectivity index (χ3n) is 1.64. The summed E-state index contributed by atoms with van der Waals surface area (Å²) in [7, 11) is 0. The molecule has 0 radical (unpaired) electrons. The minimum Gasteiger partial charge on any atom is -0.507 e. The Bertz CT molecular complexity index is 401. The molecule has 1 aromatic rings. The van der Waals surface area contributed by atoms with Crippen LogP contribution in [0.25, 0.3) is 6.08 Å². The van der Waals surface area contributed by atoms with Gasteiger partial charge in [-0.05, 0) is 18.2 Å². The highest BCUT2D eigenvalue weighted by atomic mass is 79.9. The largest absolute Gasteiger partial charge is 0.507 e. The Morgan fingerprint density at radius 2 is 2.29 bits per heavy atom. The smallest absolute Gasteiger partial charge is 0.243 e. The molecule has 1 aromatic carbocycles. The maximum absolute atomic E-state index is 10.3. The van der Waals surface area contributed by atoms with Gasteiger partial charge in [0.2, 0.25) is 5.70 Å². The van der Waals surface area contributed by atoms with Crippen molar-refractivity contribution in [3.63, 3.8) is 0 Å². The molecule has 0 aliphatic rings. The van der Waals surface area contributed by atoms with E-state index in [4.69, 9.17) is 0 Å². The molecule has 0 fully saturated rings. The van der Waals surface area contributed by atoms with Crippen LogP contribution in [0.1, 0.15) is 12.5 Å². The van der Waals surface area contributed by atoms with Gasteiger partial charge in [-0.25, -0.2) is 0 Å². The third-order valence-corrected chi connectivity index (χ3v) is 2.14. The Morgan fingerprint density at radius 1 is 1.64 bits per heavy atom. The summed E-state index contributed by atoms with van der Waals surface area (Å²) in [5.74, 6) is 0.0226. The van der Waals surface area contributed by atoms with Crippen molar-refractivity contribution in [2.45, 2.75) is 6.92 Å². The molecule has 0 saturated carbocycles. The summed E-state index contributed by atoms with van der Waals surface area (Å²) in [4.78, 5) is 9.84. The zero-order valence-corrected chi connectivity index (χ0v) is 8.98. The predicted octanol–water partition coefficient (Wildman–Crippen LogP) is 2.79. The molecule has 0 heterocycles. The molecule has 0 aliphatic heterocycles. The molecule has 14 heavy (non-hydrogen) atoms. The van der Waals surface area contributed by atoms with Gasteiger partial charge in [0.15, 0.2) is 0 Å². The number of phenolic OH excluding ortho intramolecular Hbond substituents is 1. The molecule has 0 bridgehead atoms. The van der Waals surface area contributed by atoms with E-state index in [-0.39, 0.29) is 11.4 Å². The molecule has 74 valence electrons. The van der Waals surface area contributed by atoms with Gasteiger partial charge in [0.05, 0.1) is 4.92 Å². The van der Waals surface area contributed by atoms with E-state index < -0.39 is 4.92 Å². The van der Waals surface area contributed by atoms with Crippen molar-refractivity contribution in [3.8, 4) is 5.75 Å². The fourth-order valence-corrected chi connectivity index (χ4v) is 1.30.